The van der Waals surface area contributed by atoms with E-state index < -0.39 is 10.9 Å². The number of nitrogens with zero attached hydrogens (tertiary/aromatic N) is 3. The summed E-state index contributed by atoms with van der Waals surface area (Å²) in [5.41, 5.74) is -0.0263. The fourth-order valence-electron chi connectivity index (χ4n) is 1.86. The van der Waals surface area contributed by atoms with Crippen LogP contribution in [0.4, 0.5) is 11.5 Å². The molecule has 1 aliphatic carbocycles. The maximum Gasteiger partial charge on any atom is 0.356 e. The Kier molecular flexibility index (Phi) is 3.64. The summed E-state index contributed by atoms with van der Waals surface area (Å²) in [6.45, 7) is 0.707. The van der Waals surface area contributed by atoms with Crippen LogP contribution in [0.25, 0.3) is 0 Å². The topological polar surface area (TPSA) is 85.6 Å². The minimum Gasteiger partial charge on any atom is -0.464 e. The van der Waals surface area contributed by atoms with Crippen molar-refractivity contribution in [2.24, 2.45) is 5.92 Å². The monoisotopic (exact) mass is 265 g/mol. The molecule has 1 aromatic heterocycles. The zero-order valence-corrected chi connectivity index (χ0v) is 10.8. The number of rotatable bonds is 5. The number of methoxy groups -OCH3 is 1. The smallest absolute Gasteiger partial charge is 0.356 e. The van der Waals surface area contributed by atoms with Crippen LogP contribution in [0.3, 0.4) is 0 Å². The van der Waals surface area contributed by atoms with E-state index in [0.717, 1.165) is 12.8 Å². The molecule has 7 heteroatoms. The minimum atomic E-state index is -0.601. The van der Waals surface area contributed by atoms with E-state index >= 15 is 0 Å². The predicted octanol–water partition coefficient (Wildman–Crippen LogP) is 1.62. The summed E-state index contributed by atoms with van der Waals surface area (Å²) in [5, 5.41) is 11.0. The van der Waals surface area contributed by atoms with Gasteiger partial charge in [-0.15, -0.1) is 0 Å². The molecule has 0 radical (unpaired) electrons. The van der Waals surface area contributed by atoms with Crippen LogP contribution in [-0.4, -0.2) is 36.6 Å². The Morgan fingerprint density at radius 2 is 2.26 bits per heavy atom. The fraction of sp³-hybridized carbons (Fsp3) is 0.500. The summed E-state index contributed by atoms with van der Waals surface area (Å²) >= 11 is 0. The minimum absolute atomic E-state index is 0.0748. The largest absolute Gasteiger partial charge is 0.464 e. The number of carbonyl (C=O) groups excluding carboxylic acids is 1. The molecule has 0 bridgehead atoms. The SMILES string of the molecule is COC(=O)c1ccc([N+](=O)[O-])c(N(C)CC2CC2)n1. The maximum absolute atomic E-state index is 11.4. The van der Waals surface area contributed by atoms with Gasteiger partial charge in [-0.1, -0.05) is 0 Å². The van der Waals surface area contributed by atoms with Gasteiger partial charge in [-0.3, -0.25) is 10.1 Å². The normalized spacial score (nSPS) is 14.0. The summed E-state index contributed by atoms with van der Waals surface area (Å²) in [4.78, 5) is 27.7. The van der Waals surface area contributed by atoms with Crippen molar-refractivity contribution in [2.45, 2.75) is 12.8 Å². The molecule has 7 nitrogen and oxygen atoms in total. The maximum atomic E-state index is 11.4. The highest BCUT2D eigenvalue weighted by molar-refractivity contribution is 5.88. The lowest BCUT2D eigenvalue weighted by atomic mass is 10.3. The van der Waals surface area contributed by atoms with E-state index in [4.69, 9.17) is 0 Å². The van der Waals surface area contributed by atoms with Gasteiger partial charge < -0.3 is 9.64 Å². The average molecular weight is 265 g/mol. The third kappa shape index (κ3) is 2.98. The molecule has 0 aromatic carbocycles. The fourth-order valence-corrected chi connectivity index (χ4v) is 1.86. The van der Waals surface area contributed by atoms with Crippen molar-refractivity contribution in [3.8, 4) is 0 Å². The molecule has 19 heavy (non-hydrogen) atoms. The lowest BCUT2D eigenvalue weighted by Gasteiger charge is -2.17. The molecule has 102 valence electrons. The molecule has 0 aliphatic heterocycles. The lowest BCUT2D eigenvalue weighted by molar-refractivity contribution is -0.384. The molecule has 1 heterocycles. The van der Waals surface area contributed by atoms with Crippen molar-refractivity contribution >= 4 is 17.5 Å². The molecule has 0 unspecified atom stereocenters. The summed E-state index contributed by atoms with van der Waals surface area (Å²) in [7, 11) is 2.99. The number of aromatic nitrogens is 1. The van der Waals surface area contributed by atoms with E-state index in [1.54, 1.807) is 11.9 Å². The molecule has 1 aromatic rings. The average Bonchev–Trinajstić information content (AvgIpc) is 3.20. The summed E-state index contributed by atoms with van der Waals surface area (Å²) in [6.07, 6.45) is 2.27. The first-order valence-electron chi connectivity index (χ1n) is 5.97. The zero-order chi connectivity index (χ0) is 14.0. The predicted molar refractivity (Wildman–Crippen MR) is 68.2 cm³/mol. The standard InChI is InChI=1S/C12H15N3O4/c1-14(7-8-3-4-8)11-10(15(17)18)6-5-9(13-11)12(16)19-2/h5-6,8H,3-4,7H2,1-2H3. The summed E-state index contributed by atoms with van der Waals surface area (Å²) < 4.78 is 4.57. The van der Waals surface area contributed by atoms with Gasteiger partial charge in [0.05, 0.1) is 12.0 Å². The molecule has 1 saturated carbocycles. The van der Waals surface area contributed by atoms with Crippen LogP contribution in [-0.2, 0) is 4.74 Å². The Labute approximate surface area is 110 Å². The molecule has 1 aliphatic rings. The number of ether oxygens (including phenoxy) is 1. The van der Waals surface area contributed by atoms with Gasteiger partial charge in [0, 0.05) is 19.7 Å². The van der Waals surface area contributed by atoms with E-state index in [-0.39, 0.29) is 17.2 Å². The molecule has 0 N–H and O–H groups in total. The third-order valence-corrected chi connectivity index (χ3v) is 3.04. The van der Waals surface area contributed by atoms with Crippen molar-refractivity contribution in [3.05, 3.63) is 27.9 Å². The molecule has 2 rings (SSSR count). The van der Waals surface area contributed by atoms with E-state index in [1.807, 2.05) is 0 Å². The molecule has 0 saturated heterocycles. The summed E-state index contributed by atoms with van der Waals surface area (Å²) in [5.74, 6) is 0.170. The van der Waals surface area contributed by atoms with Gasteiger partial charge in [-0.2, -0.15) is 0 Å². The number of hydrogen-bond donors (Lipinski definition) is 0. The molecule has 0 atom stereocenters. The Morgan fingerprint density at radius 1 is 1.58 bits per heavy atom. The van der Waals surface area contributed by atoms with Crippen molar-refractivity contribution in [1.29, 1.82) is 0 Å². The lowest BCUT2D eigenvalue weighted by Crippen LogP contribution is -2.23. The van der Waals surface area contributed by atoms with Gasteiger partial charge >= 0.3 is 11.7 Å². The van der Waals surface area contributed by atoms with Crippen LogP contribution in [0.5, 0.6) is 0 Å². The van der Waals surface area contributed by atoms with E-state index in [0.29, 0.717) is 12.5 Å². The number of esters is 1. The number of carbonyl (C=O) groups is 1. The van der Waals surface area contributed by atoms with Crippen molar-refractivity contribution in [1.82, 2.24) is 4.98 Å². The second-order valence-electron chi connectivity index (χ2n) is 4.61. The first-order chi connectivity index (χ1) is 9.02. The Bertz CT molecular complexity index is 514. The van der Waals surface area contributed by atoms with Crippen LogP contribution < -0.4 is 4.90 Å². The second-order valence-corrected chi connectivity index (χ2v) is 4.61. The van der Waals surface area contributed by atoms with Gasteiger partial charge in [0.15, 0.2) is 5.69 Å². The van der Waals surface area contributed by atoms with Crippen LogP contribution in [0, 0.1) is 16.0 Å². The van der Waals surface area contributed by atoms with Crippen LogP contribution >= 0.6 is 0 Å². The Morgan fingerprint density at radius 3 is 2.79 bits per heavy atom. The van der Waals surface area contributed by atoms with Crippen LogP contribution in [0.2, 0.25) is 0 Å². The highest BCUT2D eigenvalue weighted by Gasteiger charge is 2.27. The van der Waals surface area contributed by atoms with E-state index in [2.05, 4.69) is 9.72 Å². The first kappa shape index (κ1) is 13.3. The Balaban J connectivity index is 2.34. The van der Waals surface area contributed by atoms with Crippen molar-refractivity contribution in [3.63, 3.8) is 0 Å². The molecule has 1 fully saturated rings. The Hall–Kier alpha value is -2.18. The quantitative estimate of drug-likeness (QED) is 0.457. The number of nitro groups is 1. The summed E-state index contributed by atoms with van der Waals surface area (Å²) in [6, 6.07) is 2.59. The molecule has 0 spiro atoms. The molecule has 0 amide bonds. The van der Waals surface area contributed by atoms with E-state index in [9.17, 15) is 14.9 Å². The number of hydrogen-bond acceptors (Lipinski definition) is 6. The van der Waals surface area contributed by atoms with E-state index in [1.165, 1.54) is 19.2 Å². The van der Waals surface area contributed by atoms with Crippen LogP contribution in [0.15, 0.2) is 12.1 Å². The van der Waals surface area contributed by atoms with Gasteiger partial charge in [0.25, 0.3) is 0 Å². The highest BCUT2D eigenvalue weighted by atomic mass is 16.6. The van der Waals surface area contributed by atoms with Gasteiger partial charge in [-0.05, 0) is 24.8 Å². The van der Waals surface area contributed by atoms with Gasteiger partial charge in [0.2, 0.25) is 5.82 Å². The number of pyridine rings is 1. The van der Waals surface area contributed by atoms with Crippen molar-refractivity contribution < 1.29 is 14.5 Å². The van der Waals surface area contributed by atoms with Crippen molar-refractivity contribution in [2.75, 3.05) is 25.6 Å². The molecular formula is C12H15N3O4. The van der Waals surface area contributed by atoms with Gasteiger partial charge in [0.1, 0.15) is 0 Å². The second kappa shape index (κ2) is 5.21. The number of anilines is 1. The van der Waals surface area contributed by atoms with Gasteiger partial charge in [-0.25, -0.2) is 9.78 Å². The molecular weight excluding hydrogens is 250 g/mol. The van der Waals surface area contributed by atoms with Crippen LogP contribution in [0.1, 0.15) is 23.3 Å². The first-order valence-corrected chi connectivity index (χ1v) is 5.97. The third-order valence-electron chi connectivity index (χ3n) is 3.04. The zero-order valence-electron chi connectivity index (χ0n) is 10.8. The highest BCUT2D eigenvalue weighted by Crippen LogP contribution is 2.33.